The molecule has 0 saturated carbocycles. The van der Waals surface area contributed by atoms with Gasteiger partial charge in [-0.1, -0.05) is 0 Å². The van der Waals surface area contributed by atoms with Crippen LogP contribution in [-0.4, -0.2) is 72.2 Å². The first kappa shape index (κ1) is 12.3. The molecule has 0 radical (unpaired) electrons. The number of carboxylic acids is 1. The van der Waals surface area contributed by atoms with Crippen LogP contribution in [0.4, 0.5) is 0 Å². The molecule has 2 aliphatic rings. The van der Waals surface area contributed by atoms with Crippen molar-refractivity contribution in [3.8, 4) is 0 Å². The first-order chi connectivity index (χ1) is 8.09. The fourth-order valence-corrected chi connectivity index (χ4v) is 2.19. The number of carbonyl (C=O) groups is 2. The molecule has 0 aliphatic carbocycles. The molecule has 2 rings (SSSR count). The summed E-state index contributed by atoms with van der Waals surface area (Å²) < 4.78 is 5.19. The molecule has 0 aromatic rings. The van der Waals surface area contributed by atoms with Crippen molar-refractivity contribution in [1.29, 1.82) is 0 Å². The molecule has 0 aromatic carbocycles. The summed E-state index contributed by atoms with van der Waals surface area (Å²) in [6.45, 7) is 5.26. The second-order valence-electron chi connectivity index (χ2n) is 4.60. The van der Waals surface area contributed by atoms with E-state index in [1.54, 1.807) is 4.90 Å². The largest absolute Gasteiger partial charge is 0.481 e. The van der Waals surface area contributed by atoms with Crippen LogP contribution in [0.2, 0.25) is 0 Å². The molecule has 2 saturated heterocycles. The maximum atomic E-state index is 12.1. The number of ether oxygens (including phenoxy) is 1. The molecule has 17 heavy (non-hydrogen) atoms. The zero-order valence-electron chi connectivity index (χ0n) is 9.96. The SMILES string of the molecule is CC(C(=O)N1CCOCC1)N1CC(C(=O)O)C1. The molecule has 2 heterocycles. The van der Waals surface area contributed by atoms with E-state index in [9.17, 15) is 9.59 Å². The minimum atomic E-state index is -0.771. The average Bonchev–Trinajstić information content (AvgIpc) is 2.26. The molecule has 0 aromatic heterocycles. The van der Waals surface area contributed by atoms with Crippen LogP contribution in [0.3, 0.4) is 0 Å². The van der Waals surface area contributed by atoms with E-state index in [1.807, 2.05) is 11.8 Å². The topological polar surface area (TPSA) is 70.1 Å². The van der Waals surface area contributed by atoms with E-state index in [0.717, 1.165) is 0 Å². The van der Waals surface area contributed by atoms with Crippen LogP contribution in [0.1, 0.15) is 6.92 Å². The van der Waals surface area contributed by atoms with Gasteiger partial charge in [0, 0.05) is 26.2 Å². The number of carboxylic acid groups (broad SMARTS) is 1. The van der Waals surface area contributed by atoms with Gasteiger partial charge < -0.3 is 14.7 Å². The summed E-state index contributed by atoms with van der Waals surface area (Å²) in [7, 11) is 0. The Kier molecular flexibility index (Phi) is 3.63. The highest BCUT2D eigenvalue weighted by Crippen LogP contribution is 2.20. The predicted octanol–water partition coefficient (Wildman–Crippen LogP) is -0.750. The third-order valence-corrected chi connectivity index (χ3v) is 3.49. The van der Waals surface area contributed by atoms with Crippen LogP contribution < -0.4 is 0 Å². The first-order valence-corrected chi connectivity index (χ1v) is 5.93. The fraction of sp³-hybridized carbons (Fsp3) is 0.818. The number of carbonyl (C=O) groups excluding carboxylic acids is 1. The Labute approximate surface area is 100 Å². The summed E-state index contributed by atoms with van der Waals surface area (Å²) in [5.74, 6) is -1.00. The number of amides is 1. The van der Waals surface area contributed by atoms with Crippen LogP contribution in [0.5, 0.6) is 0 Å². The quantitative estimate of drug-likeness (QED) is 0.705. The van der Waals surface area contributed by atoms with Gasteiger partial charge in [-0.2, -0.15) is 0 Å². The molecule has 2 fully saturated rings. The lowest BCUT2D eigenvalue weighted by atomic mass is 9.98. The lowest BCUT2D eigenvalue weighted by molar-refractivity contribution is -0.154. The fourth-order valence-electron chi connectivity index (χ4n) is 2.19. The number of aliphatic carboxylic acids is 1. The van der Waals surface area contributed by atoms with E-state index < -0.39 is 5.97 Å². The van der Waals surface area contributed by atoms with E-state index in [2.05, 4.69) is 0 Å². The third kappa shape index (κ3) is 2.58. The van der Waals surface area contributed by atoms with Crippen molar-refractivity contribution < 1.29 is 19.4 Å². The molecule has 96 valence electrons. The Morgan fingerprint density at radius 1 is 1.29 bits per heavy atom. The van der Waals surface area contributed by atoms with E-state index in [-0.39, 0.29) is 17.9 Å². The van der Waals surface area contributed by atoms with Crippen LogP contribution in [0, 0.1) is 5.92 Å². The van der Waals surface area contributed by atoms with Gasteiger partial charge in [-0.3, -0.25) is 14.5 Å². The lowest BCUT2D eigenvalue weighted by Gasteiger charge is -2.42. The normalized spacial score (nSPS) is 24.2. The zero-order valence-corrected chi connectivity index (χ0v) is 9.96. The Balaban J connectivity index is 1.82. The van der Waals surface area contributed by atoms with Crippen LogP contribution in [-0.2, 0) is 14.3 Å². The lowest BCUT2D eigenvalue weighted by Crippen LogP contribution is -2.59. The van der Waals surface area contributed by atoms with Crippen molar-refractivity contribution in [2.75, 3.05) is 39.4 Å². The molecule has 2 aliphatic heterocycles. The number of hydrogen-bond donors (Lipinski definition) is 1. The Morgan fingerprint density at radius 2 is 1.88 bits per heavy atom. The highest BCUT2D eigenvalue weighted by Gasteiger charge is 2.38. The number of rotatable bonds is 3. The van der Waals surface area contributed by atoms with Crippen LogP contribution >= 0.6 is 0 Å². The summed E-state index contributed by atoms with van der Waals surface area (Å²) in [6.07, 6.45) is 0. The Hall–Kier alpha value is -1.14. The number of likely N-dealkylation sites (tertiary alicyclic amines) is 1. The summed E-state index contributed by atoms with van der Waals surface area (Å²) >= 11 is 0. The van der Waals surface area contributed by atoms with E-state index in [4.69, 9.17) is 9.84 Å². The van der Waals surface area contributed by atoms with Gasteiger partial charge >= 0.3 is 5.97 Å². The van der Waals surface area contributed by atoms with Gasteiger partial charge in [-0.05, 0) is 6.92 Å². The van der Waals surface area contributed by atoms with Gasteiger partial charge in [0.05, 0.1) is 25.2 Å². The summed E-state index contributed by atoms with van der Waals surface area (Å²) in [5.41, 5.74) is 0. The highest BCUT2D eigenvalue weighted by molar-refractivity contribution is 5.82. The van der Waals surface area contributed by atoms with Crippen molar-refractivity contribution in [2.24, 2.45) is 5.92 Å². The van der Waals surface area contributed by atoms with Crippen molar-refractivity contribution in [3.63, 3.8) is 0 Å². The summed E-state index contributed by atoms with van der Waals surface area (Å²) in [5, 5.41) is 8.78. The molecular formula is C11H18N2O4. The van der Waals surface area contributed by atoms with Crippen LogP contribution in [0.15, 0.2) is 0 Å². The zero-order chi connectivity index (χ0) is 12.4. The molecule has 1 amide bonds. The standard InChI is InChI=1S/C11H18N2O4/c1-8(13-6-9(7-13)11(15)16)10(14)12-2-4-17-5-3-12/h8-9H,2-7H2,1H3,(H,15,16). The second-order valence-corrected chi connectivity index (χ2v) is 4.60. The smallest absolute Gasteiger partial charge is 0.309 e. The number of hydrogen-bond acceptors (Lipinski definition) is 4. The van der Waals surface area contributed by atoms with Crippen molar-refractivity contribution >= 4 is 11.9 Å². The average molecular weight is 242 g/mol. The molecular weight excluding hydrogens is 224 g/mol. The van der Waals surface area contributed by atoms with Crippen molar-refractivity contribution in [2.45, 2.75) is 13.0 Å². The highest BCUT2D eigenvalue weighted by atomic mass is 16.5. The molecule has 0 bridgehead atoms. The maximum Gasteiger partial charge on any atom is 0.309 e. The minimum Gasteiger partial charge on any atom is -0.481 e. The van der Waals surface area contributed by atoms with Gasteiger partial charge in [0.1, 0.15) is 0 Å². The maximum absolute atomic E-state index is 12.1. The molecule has 0 spiro atoms. The number of nitrogens with zero attached hydrogens (tertiary/aromatic N) is 2. The van der Waals surface area contributed by atoms with E-state index in [0.29, 0.717) is 39.4 Å². The van der Waals surface area contributed by atoms with Gasteiger partial charge in [0.25, 0.3) is 0 Å². The molecule has 6 heteroatoms. The first-order valence-electron chi connectivity index (χ1n) is 5.93. The second kappa shape index (κ2) is 5.01. The molecule has 6 nitrogen and oxygen atoms in total. The monoisotopic (exact) mass is 242 g/mol. The van der Waals surface area contributed by atoms with E-state index >= 15 is 0 Å². The summed E-state index contributed by atoms with van der Waals surface area (Å²) in [4.78, 5) is 26.5. The van der Waals surface area contributed by atoms with Gasteiger partial charge in [-0.15, -0.1) is 0 Å². The van der Waals surface area contributed by atoms with Crippen molar-refractivity contribution in [3.05, 3.63) is 0 Å². The predicted molar refractivity (Wildman–Crippen MR) is 59.6 cm³/mol. The third-order valence-electron chi connectivity index (χ3n) is 3.49. The van der Waals surface area contributed by atoms with E-state index in [1.165, 1.54) is 0 Å². The minimum absolute atomic E-state index is 0.0807. The molecule has 1 unspecified atom stereocenters. The Bertz CT molecular complexity index is 309. The molecule has 1 N–H and O–H groups in total. The summed E-state index contributed by atoms with van der Waals surface area (Å²) in [6, 6.07) is -0.219. The molecule has 1 atom stereocenters. The van der Waals surface area contributed by atoms with Gasteiger partial charge in [0.2, 0.25) is 5.91 Å². The van der Waals surface area contributed by atoms with Crippen LogP contribution in [0.25, 0.3) is 0 Å². The van der Waals surface area contributed by atoms with Gasteiger partial charge in [-0.25, -0.2) is 0 Å². The number of morpholine rings is 1. The van der Waals surface area contributed by atoms with Gasteiger partial charge in [0.15, 0.2) is 0 Å². The Morgan fingerprint density at radius 3 is 2.41 bits per heavy atom. The van der Waals surface area contributed by atoms with Crippen molar-refractivity contribution in [1.82, 2.24) is 9.80 Å².